The maximum absolute atomic E-state index is 12.8. The fourth-order valence-electron chi connectivity index (χ4n) is 2.85. The molecule has 3 aromatic rings. The minimum absolute atomic E-state index is 0.279. The van der Waals surface area contributed by atoms with Crippen LogP contribution < -0.4 is 20.3 Å². The highest BCUT2D eigenvalue weighted by molar-refractivity contribution is 5.95. The average molecular weight is 383 g/mol. The molecule has 0 aliphatic carbocycles. The molecule has 1 amide bonds. The van der Waals surface area contributed by atoms with Crippen molar-refractivity contribution < 1.29 is 14.3 Å². The van der Waals surface area contributed by atoms with Gasteiger partial charge in [-0.2, -0.15) is 10.2 Å². The Bertz CT molecular complexity index is 1040. The van der Waals surface area contributed by atoms with Crippen LogP contribution in [0.3, 0.4) is 0 Å². The van der Waals surface area contributed by atoms with Crippen LogP contribution in [0.1, 0.15) is 34.6 Å². The maximum atomic E-state index is 12.8. The van der Waals surface area contributed by atoms with E-state index in [1.807, 2.05) is 19.1 Å². The van der Waals surface area contributed by atoms with Crippen molar-refractivity contribution in [3.05, 3.63) is 63.7 Å². The van der Waals surface area contributed by atoms with Crippen molar-refractivity contribution in [3.8, 4) is 17.3 Å². The third-order valence-electron chi connectivity index (χ3n) is 4.39. The van der Waals surface area contributed by atoms with Crippen LogP contribution in [-0.2, 0) is 0 Å². The summed E-state index contributed by atoms with van der Waals surface area (Å²) in [4.78, 5) is 23.9. The number of hydrogen-bond acceptors (Lipinski definition) is 6. The predicted octanol–water partition coefficient (Wildman–Crippen LogP) is 1.77. The first-order valence-electron chi connectivity index (χ1n) is 8.58. The molecule has 0 saturated carbocycles. The molecular weight excluding hydrogens is 362 g/mol. The summed E-state index contributed by atoms with van der Waals surface area (Å²) in [5.41, 5.74) is 1.52. The zero-order chi connectivity index (χ0) is 20.3. The van der Waals surface area contributed by atoms with Crippen LogP contribution >= 0.6 is 0 Å². The average Bonchev–Trinajstić information content (AvgIpc) is 3.09. The van der Waals surface area contributed by atoms with Gasteiger partial charge in [-0.3, -0.25) is 9.59 Å². The number of aromatic nitrogens is 4. The lowest BCUT2D eigenvalue weighted by Crippen LogP contribution is -2.27. The van der Waals surface area contributed by atoms with Gasteiger partial charge in [0.2, 0.25) is 0 Å². The standard InChI is InChI=1S/C19H21N5O4/c1-11(14-6-5-13(27-3)9-16(14)28-4)21-19(26)15-10-20-24(12(15)2)17-7-8-18(25)23-22-17/h5-11H,1-4H3,(H,21,26)(H,23,25)/t11-/m0/s1. The molecule has 0 fully saturated rings. The minimum Gasteiger partial charge on any atom is -0.497 e. The largest absolute Gasteiger partial charge is 0.497 e. The van der Waals surface area contributed by atoms with E-state index in [1.54, 1.807) is 27.2 Å². The fraction of sp³-hybridized carbons (Fsp3) is 0.263. The summed E-state index contributed by atoms with van der Waals surface area (Å²) in [6.45, 7) is 3.62. The number of H-pyrrole nitrogens is 1. The first-order chi connectivity index (χ1) is 13.4. The molecule has 28 heavy (non-hydrogen) atoms. The molecule has 0 spiro atoms. The van der Waals surface area contributed by atoms with E-state index in [2.05, 4.69) is 20.6 Å². The Morgan fingerprint density at radius 1 is 1.21 bits per heavy atom. The molecule has 2 aromatic heterocycles. The van der Waals surface area contributed by atoms with Crippen LogP contribution in [-0.4, -0.2) is 40.1 Å². The monoisotopic (exact) mass is 383 g/mol. The third-order valence-corrected chi connectivity index (χ3v) is 4.39. The molecule has 0 radical (unpaired) electrons. The van der Waals surface area contributed by atoms with Gasteiger partial charge in [-0.05, 0) is 32.0 Å². The van der Waals surface area contributed by atoms with E-state index in [9.17, 15) is 9.59 Å². The van der Waals surface area contributed by atoms with Gasteiger partial charge in [0.25, 0.3) is 11.5 Å². The number of carbonyl (C=O) groups is 1. The Balaban J connectivity index is 1.82. The number of hydrogen-bond donors (Lipinski definition) is 2. The topological polar surface area (TPSA) is 111 Å². The van der Waals surface area contributed by atoms with Crippen molar-refractivity contribution in [2.24, 2.45) is 0 Å². The van der Waals surface area contributed by atoms with E-state index >= 15 is 0 Å². The van der Waals surface area contributed by atoms with Crippen molar-refractivity contribution in [3.63, 3.8) is 0 Å². The van der Waals surface area contributed by atoms with E-state index < -0.39 is 0 Å². The molecule has 2 heterocycles. The molecule has 9 nitrogen and oxygen atoms in total. The summed E-state index contributed by atoms with van der Waals surface area (Å²) in [6.07, 6.45) is 1.47. The number of benzene rings is 1. The maximum Gasteiger partial charge on any atom is 0.264 e. The number of nitrogens with zero attached hydrogens (tertiary/aromatic N) is 3. The molecule has 0 aliphatic rings. The third kappa shape index (κ3) is 3.73. The van der Waals surface area contributed by atoms with E-state index in [-0.39, 0.29) is 17.5 Å². The van der Waals surface area contributed by atoms with Gasteiger partial charge in [-0.25, -0.2) is 9.78 Å². The minimum atomic E-state index is -0.311. The van der Waals surface area contributed by atoms with E-state index in [0.29, 0.717) is 28.6 Å². The Morgan fingerprint density at radius 2 is 2.00 bits per heavy atom. The van der Waals surface area contributed by atoms with Crippen LogP contribution in [0.4, 0.5) is 0 Å². The Hall–Kier alpha value is -3.62. The van der Waals surface area contributed by atoms with Gasteiger partial charge in [0.15, 0.2) is 5.82 Å². The van der Waals surface area contributed by atoms with Crippen molar-refractivity contribution in [2.75, 3.05) is 14.2 Å². The predicted molar refractivity (Wildman–Crippen MR) is 102 cm³/mol. The van der Waals surface area contributed by atoms with Gasteiger partial charge in [0.1, 0.15) is 11.5 Å². The Morgan fingerprint density at radius 3 is 2.64 bits per heavy atom. The highest BCUT2D eigenvalue weighted by Gasteiger charge is 2.20. The Labute approximate surface area is 161 Å². The summed E-state index contributed by atoms with van der Waals surface area (Å²) in [7, 11) is 3.15. The van der Waals surface area contributed by atoms with Gasteiger partial charge < -0.3 is 14.8 Å². The van der Waals surface area contributed by atoms with Crippen molar-refractivity contribution in [1.29, 1.82) is 0 Å². The van der Waals surface area contributed by atoms with Crippen LogP contribution in [0, 0.1) is 6.92 Å². The van der Waals surface area contributed by atoms with E-state index in [4.69, 9.17) is 9.47 Å². The summed E-state index contributed by atoms with van der Waals surface area (Å²) >= 11 is 0. The highest BCUT2D eigenvalue weighted by Crippen LogP contribution is 2.29. The highest BCUT2D eigenvalue weighted by atomic mass is 16.5. The van der Waals surface area contributed by atoms with Gasteiger partial charge in [-0.1, -0.05) is 0 Å². The number of rotatable bonds is 6. The lowest BCUT2D eigenvalue weighted by Gasteiger charge is -2.18. The molecule has 0 saturated heterocycles. The second kappa shape index (κ2) is 7.95. The molecule has 0 unspecified atom stereocenters. The zero-order valence-electron chi connectivity index (χ0n) is 16.0. The van der Waals surface area contributed by atoms with Crippen molar-refractivity contribution in [2.45, 2.75) is 19.9 Å². The second-order valence-electron chi connectivity index (χ2n) is 6.14. The number of aromatic amines is 1. The summed E-state index contributed by atoms with van der Waals surface area (Å²) in [5, 5.41) is 13.4. The molecule has 0 aliphatic heterocycles. The van der Waals surface area contributed by atoms with Gasteiger partial charge in [0.05, 0.1) is 37.7 Å². The summed E-state index contributed by atoms with van der Waals surface area (Å²) < 4.78 is 12.1. The SMILES string of the molecule is COc1ccc([C@H](C)NC(=O)c2cnn(-c3ccc(=O)[nH]n3)c2C)c(OC)c1. The molecule has 1 atom stereocenters. The normalized spacial score (nSPS) is 11.7. The van der Waals surface area contributed by atoms with Gasteiger partial charge in [-0.15, -0.1) is 0 Å². The number of ether oxygens (including phenoxy) is 2. The van der Waals surface area contributed by atoms with Crippen LogP contribution in [0.25, 0.3) is 5.82 Å². The Kier molecular flexibility index (Phi) is 5.44. The first-order valence-corrected chi connectivity index (χ1v) is 8.58. The summed E-state index contributed by atoms with van der Waals surface area (Å²) in [5.74, 6) is 1.43. The van der Waals surface area contributed by atoms with Crippen molar-refractivity contribution in [1.82, 2.24) is 25.3 Å². The number of nitrogens with one attached hydrogen (secondary N) is 2. The molecule has 3 rings (SSSR count). The van der Waals surface area contributed by atoms with Gasteiger partial charge >= 0.3 is 0 Å². The molecule has 9 heteroatoms. The number of carbonyl (C=O) groups excluding carboxylic acids is 1. The molecule has 146 valence electrons. The molecule has 1 aromatic carbocycles. The smallest absolute Gasteiger partial charge is 0.264 e. The quantitative estimate of drug-likeness (QED) is 0.671. The van der Waals surface area contributed by atoms with Crippen molar-refractivity contribution >= 4 is 5.91 Å². The lowest BCUT2D eigenvalue weighted by atomic mass is 10.1. The van der Waals surface area contributed by atoms with Gasteiger partial charge in [0, 0.05) is 17.7 Å². The fourth-order valence-corrected chi connectivity index (χ4v) is 2.85. The second-order valence-corrected chi connectivity index (χ2v) is 6.14. The van der Waals surface area contributed by atoms with E-state index in [1.165, 1.54) is 23.0 Å². The zero-order valence-corrected chi connectivity index (χ0v) is 16.0. The van der Waals surface area contributed by atoms with Crippen LogP contribution in [0.2, 0.25) is 0 Å². The number of amides is 1. The number of methoxy groups -OCH3 is 2. The first kappa shape index (κ1) is 19.2. The molecule has 0 bridgehead atoms. The lowest BCUT2D eigenvalue weighted by molar-refractivity contribution is 0.0939. The molecule has 2 N–H and O–H groups in total. The summed E-state index contributed by atoms with van der Waals surface area (Å²) in [6, 6.07) is 8.01. The van der Waals surface area contributed by atoms with E-state index in [0.717, 1.165) is 5.56 Å². The van der Waals surface area contributed by atoms with Crippen LogP contribution in [0.15, 0.2) is 41.3 Å². The molecular formula is C19H21N5O4. The van der Waals surface area contributed by atoms with Crippen LogP contribution in [0.5, 0.6) is 11.5 Å².